The van der Waals surface area contributed by atoms with Crippen LogP contribution in [-0.2, 0) is 4.74 Å². The number of nitrogens with zero attached hydrogens (tertiary/aromatic N) is 2. The molecule has 1 aromatic carbocycles. The molecule has 6 rings (SSSR count). The van der Waals surface area contributed by atoms with Gasteiger partial charge in [-0.05, 0) is 75.0 Å². The SMILES string of the molecule is COc1cc(N2COc3cc(OCC4CC4)ncc3C2=O)ccc1OCC(NCC1CCOCC1)C1CC1. The number of carbonyl (C=O) groups excluding carboxylic acids is 1. The third kappa shape index (κ3) is 5.99. The predicted molar refractivity (Wildman–Crippen MR) is 141 cm³/mol. The average molecular weight is 524 g/mol. The fourth-order valence-electron chi connectivity index (χ4n) is 5.05. The quantitative estimate of drug-likeness (QED) is 0.446. The molecular formula is C29H37N3O6. The smallest absolute Gasteiger partial charge is 0.266 e. The molecule has 3 heterocycles. The first-order valence-electron chi connectivity index (χ1n) is 13.9. The molecule has 2 saturated carbocycles. The van der Waals surface area contributed by atoms with Crippen LogP contribution >= 0.6 is 0 Å². The maximum absolute atomic E-state index is 13.3. The number of aromatic nitrogens is 1. The summed E-state index contributed by atoms with van der Waals surface area (Å²) in [6.07, 6.45) is 8.67. The van der Waals surface area contributed by atoms with E-state index in [-0.39, 0.29) is 12.6 Å². The first-order valence-corrected chi connectivity index (χ1v) is 13.9. The second-order valence-corrected chi connectivity index (χ2v) is 10.8. The molecule has 1 unspecified atom stereocenters. The van der Waals surface area contributed by atoms with Gasteiger partial charge in [0.25, 0.3) is 5.91 Å². The third-order valence-corrected chi connectivity index (χ3v) is 7.91. The maximum atomic E-state index is 13.3. The van der Waals surface area contributed by atoms with E-state index in [0.29, 0.717) is 71.4 Å². The summed E-state index contributed by atoms with van der Waals surface area (Å²) in [5.74, 6) is 4.03. The second-order valence-electron chi connectivity index (χ2n) is 10.8. The lowest BCUT2D eigenvalue weighted by Crippen LogP contribution is -2.40. The van der Waals surface area contributed by atoms with Crippen LogP contribution < -0.4 is 29.2 Å². The molecular weight excluding hydrogens is 486 g/mol. The van der Waals surface area contributed by atoms with E-state index in [2.05, 4.69) is 10.3 Å². The number of fused-ring (bicyclic) bond motifs is 1. The molecule has 1 atom stereocenters. The lowest BCUT2D eigenvalue weighted by Gasteiger charge is -2.29. The monoisotopic (exact) mass is 523 g/mol. The number of nitrogens with one attached hydrogen (secondary N) is 1. The van der Waals surface area contributed by atoms with Crippen molar-refractivity contribution in [1.82, 2.24) is 10.3 Å². The Labute approximate surface area is 223 Å². The molecule has 1 amide bonds. The van der Waals surface area contributed by atoms with Crippen molar-refractivity contribution in [3.63, 3.8) is 0 Å². The molecule has 0 bridgehead atoms. The molecule has 3 fully saturated rings. The lowest BCUT2D eigenvalue weighted by atomic mass is 10.00. The van der Waals surface area contributed by atoms with Crippen molar-refractivity contribution in [3.8, 4) is 23.1 Å². The van der Waals surface area contributed by atoms with Gasteiger partial charge in [-0.15, -0.1) is 0 Å². The van der Waals surface area contributed by atoms with Crippen LogP contribution in [0.3, 0.4) is 0 Å². The van der Waals surface area contributed by atoms with Gasteiger partial charge in [0.15, 0.2) is 18.2 Å². The standard InChI is InChI=1S/C29H37N3O6/c1-34-27-12-22(32-18-38-26-13-28(37-16-20-2-3-20)31-15-23(26)29(32)33)6-7-25(27)36-17-24(21-4-5-21)30-14-19-8-10-35-11-9-19/h6-7,12-13,15,19-21,24,30H,2-5,8-11,14,16-18H2,1H3. The summed E-state index contributed by atoms with van der Waals surface area (Å²) in [6, 6.07) is 7.58. The van der Waals surface area contributed by atoms with Crippen LogP contribution in [0.2, 0.25) is 0 Å². The third-order valence-electron chi connectivity index (χ3n) is 7.91. The van der Waals surface area contributed by atoms with E-state index >= 15 is 0 Å². The number of benzene rings is 1. The van der Waals surface area contributed by atoms with Gasteiger partial charge in [0.1, 0.15) is 17.9 Å². The van der Waals surface area contributed by atoms with Gasteiger partial charge in [-0.25, -0.2) is 4.98 Å². The molecule has 4 aliphatic rings. The van der Waals surface area contributed by atoms with Gasteiger partial charge >= 0.3 is 0 Å². The van der Waals surface area contributed by atoms with Gasteiger partial charge in [0.2, 0.25) is 5.88 Å². The van der Waals surface area contributed by atoms with E-state index in [4.69, 9.17) is 23.7 Å². The van der Waals surface area contributed by atoms with Crippen LogP contribution in [-0.4, -0.2) is 63.7 Å². The number of hydrogen-bond acceptors (Lipinski definition) is 8. The normalized spacial score (nSPS) is 20.4. The zero-order chi connectivity index (χ0) is 25.9. The Morgan fingerprint density at radius 1 is 1.05 bits per heavy atom. The zero-order valence-corrected chi connectivity index (χ0v) is 22.0. The zero-order valence-electron chi connectivity index (χ0n) is 22.0. The Morgan fingerprint density at radius 2 is 1.89 bits per heavy atom. The molecule has 1 aromatic heterocycles. The number of ether oxygens (including phenoxy) is 5. The molecule has 1 N–H and O–H groups in total. The van der Waals surface area contributed by atoms with E-state index in [1.54, 1.807) is 18.1 Å². The van der Waals surface area contributed by atoms with Gasteiger partial charge < -0.3 is 29.0 Å². The van der Waals surface area contributed by atoms with Crippen LogP contribution in [0.15, 0.2) is 30.5 Å². The van der Waals surface area contributed by atoms with Gasteiger partial charge in [-0.1, -0.05) is 0 Å². The second kappa shape index (κ2) is 11.4. The molecule has 2 aliphatic carbocycles. The van der Waals surface area contributed by atoms with Crippen molar-refractivity contribution in [1.29, 1.82) is 0 Å². The summed E-state index contributed by atoms with van der Waals surface area (Å²) >= 11 is 0. The Morgan fingerprint density at radius 3 is 2.66 bits per heavy atom. The van der Waals surface area contributed by atoms with Gasteiger partial charge in [-0.3, -0.25) is 9.69 Å². The summed E-state index contributed by atoms with van der Waals surface area (Å²) in [7, 11) is 1.62. The summed E-state index contributed by atoms with van der Waals surface area (Å²) < 4.78 is 29.0. The van der Waals surface area contributed by atoms with Gasteiger partial charge in [-0.2, -0.15) is 0 Å². The number of pyridine rings is 1. The Hall–Kier alpha value is -3.04. The minimum Gasteiger partial charge on any atom is -0.493 e. The van der Waals surface area contributed by atoms with Crippen molar-refractivity contribution < 1.29 is 28.5 Å². The topological polar surface area (TPSA) is 91.4 Å². The van der Waals surface area contributed by atoms with E-state index in [1.165, 1.54) is 31.9 Å². The molecule has 9 heteroatoms. The highest BCUT2D eigenvalue weighted by Crippen LogP contribution is 2.37. The maximum Gasteiger partial charge on any atom is 0.266 e. The number of methoxy groups -OCH3 is 1. The molecule has 1 saturated heterocycles. The molecule has 2 aliphatic heterocycles. The predicted octanol–water partition coefficient (Wildman–Crippen LogP) is 4.05. The highest BCUT2D eigenvalue weighted by molar-refractivity contribution is 6.08. The van der Waals surface area contributed by atoms with Crippen molar-refractivity contribution in [3.05, 3.63) is 36.0 Å². The lowest BCUT2D eigenvalue weighted by molar-refractivity contribution is 0.0644. The van der Waals surface area contributed by atoms with E-state index in [0.717, 1.165) is 32.6 Å². The summed E-state index contributed by atoms with van der Waals surface area (Å²) in [6.45, 7) is 4.08. The average Bonchev–Trinajstić information content (AvgIpc) is 3.88. The molecule has 9 nitrogen and oxygen atoms in total. The van der Waals surface area contributed by atoms with Crippen LogP contribution in [0, 0.1) is 17.8 Å². The summed E-state index contributed by atoms with van der Waals surface area (Å²) in [5, 5.41) is 3.75. The number of anilines is 1. The van der Waals surface area contributed by atoms with Crippen LogP contribution in [0.4, 0.5) is 5.69 Å². The van der Waals surface area contributed by atoms with Crippen LogP contribution in [0.5, 0.6) is 23.1 Å². The molecule has 0 spiro atoms. The van der Waals surface area contributed by atoms with E-state index in [1.807, 2.05) is 18.2 Å². The molecule has 38 heavy (non-hydrogen) atoms. The van der Waals surface area contributed by atoms with Crippen molar-refractivity contribution in [2.45, 2.75) is 44.6 Å². The molecule has 204 valence electrons. The van der Waals surface area contributed by atoms with Crippen molar-refractivity contribution in [2.75, 3.05) is 51.7 Å². The fraction of sp³-hybridized carbons (Fsp3) is 0.586. The van der Waals surface area contributed by atoms with E-state index < -0.39 is 0 Å². The molecule has 2 aromatic rings. The van der Waals surface area contributed by atoms with Gasteiger partial charge in [0.05, 0.1) is 19.4 Å². The number of hydrogen-bond donors (Lipinski definition) is 1. The van der Waals surface area contributed by atoms with Crippen LogP contribution in [0.1, 0.15) is 48.9 Å². The number of carbonyl (C=O) groups is 1. The summed E-state index contributed by atoms with van der Waals surface area (Å²) in [5.41, 5.74) is 1.09. The fourth-order valence-corrected chi connectivity index (χ4v) is 5.05. The van der Waals surface area contributed by atoms with Crippen molar-refractivity contribution in [2.24, 2.45) is 17.8 Å². The Kier molecular flexibility index (Phi) is 7.56. The Bertz CT molecular complexity index is 1130. The first kappa shape index (κ1) is 25.2. The van der Waals surface area contributed by atoms with E-state index in [9.17, 15) is 4.79 Å². The first-order chi connectivity index (χ1) is 18.7. The minimum atomic E-state index is -0.172. The highest BCUT2D eigenvalue weighted by atomic mass is 16.5. The molecule has 0 radical (unpaired) electrons. The highest BCUT2D eigenvalue weighted by Gasteiger charge is 2.33. The summed E-state index contributed by atoms with van der Waals surface area (Å²) in [4.78, 5) is 19.2. The Balaban J connectivity index is 1.08. The number of rotatable bonds is 12. The van der Waals surface area contributed by atoms with Crippen LogP contribution in [0.25, 0.3) is 0 Å². The number of amides is 1. The van der Waals surface area contributed by atoms with Crippen molar-refractivity contribution >= 4 is 11.6 Å². The largest absolute Gasteiger partial charge is 0.493 e. The van der Waals surface area contributed by atoms with Gasteiger partial charge in [0, 0.05) is 37.6 Å². The minimum absolute atomic E-state index is 0.0984.